The molecule has 1 aliphatic heterocycles. The smallest absolute Gasteiger partial charge is 0.308 e. The third-order valence-corrected chi connectivity index (χ3v) is 9.51. The SMILES string of the molecule is Cc1cc(NC(=O)COC(=O)CC2c3ccccc3CCN2S(=O)(=O)c2cccs2)c([N+](=O)[O-])cc1C. The van der Waals surface area contributed by atoms with Crippen molar-refractivity contribution in [3.8, 4) is 0 Å². The van der Waals surface area contributed by atoms with E-state index in [1.54, 1.807) is 37.4 Å². The number of carbonyl (C=O) groups excluding carboxylic acids is 2. The number of amides is 1. The van der Waals surface area contributed by atoms with Crippen LogP contribution < -0.4 is 5.32 Å². The van der Waals surface area contributed by atoms with Gasteiger partial charge < -0.3 is 10.1 Å². The van der Waals surface area contributed by atoms with E-state index in [1.165, 1.54) is 22.5 Å². The molecule has 3 aromatic rings. The number of nitro benzene ring substituents is 1. The lowest BCUT2D eigenvalue weighted by molar-refractivity contribution is -0.384. The molecule has 0 spiro atoms. The number of nitrogens with zero attached hydrogens (tertiary/aromatic N) is 2. The molecule has 1 unspecified atom stereocenters. The van der Waals surface area contributed by atoms with Crippen LogP contribution in [0.25, 0.3) is 0 Å². The molecule has 1 aromatic heterocycles. The van der Waals surface area contributed by atoms with Crippen LogP contribution in [0.15, 0.2) is 58.1 Å². The molecule has 1 N–H and O–H groups in total. The van der Waals surface area contributed by atoms with Gasteiger partial charge in [-0.15, -0.1) is 11.3 Å². The van der Waals surface area contributed by atoms with Crippen molar-refractivity contribution in [3.05, 3.63) is 86.3 Å². The summed E-state index contributed by atoms with van der Waals surface area (Å²) in [6.45, 7) is 3.01. The molecule has 37 heavy (non-hydrogen) atoms. The zero-order chi connectivity index (χ0) is 26.7. The second kappa shape index (κ2) is 10.8. The van der Waals surface area contributed by atoms with Crippen LogP contribution in [0.1, 0.15) is 34.7 Å². The Hall–Kier alpha value is -3.61. The van der Waals surface area contributed by atoms with Crippen LogP contribution in [0.4, 0.5) is 11.4 Å². The van der Waals surface area contributed by atoms with Crippen molar-refractivity contribution in [2.24, 2.45) is 0 Å². The molecule has 12 heteroatoms. The molecule has 0 saturated heterocycles. The van der Waals surface area contributed by atoms with Crippen molar-refractivity contribution >= 4 is 44.6 Å². The highest BCUT2D eigenvalue weighted by molar-refractivity contribution is 7.91. The number of aryl methyl sites for hydroxylation is 2. The number of thiophene rings is 1. The number of hydrogen-bond acceptors (Lipinski definition) is 8. The molecular weight excluding hydrogens is 518 g/mol. The van der Waals surface area contributed by atoms with Gasteiger partial charge >= 0.3 is 5.97 Å². The summed E-state index contributed by atoms with van der Waals surface area (Å²) in [4.78, 5) is 36.0. The highest BCUT2D eigenvalue weighted by Gasteiger charge is 2.38. The third-order valence-electron chi connectivity index (χ3n) is 6.23. The van der Waals surface area contributed by atoms with E-state index < -0.39 is 39.5 Å². The average molecular weight is 544 g/mol. The highest BCUT2D eigenvalue weighted by atomic mass is 32.2. The van der Waals surface area contributed by atoms with Gasteiger partial charge in [-0.2, -0.15) is 4.31 Å². The van der Waals surface area contributed by atoms with Crippen LogP contribution >= 0.6 is 11.3 Å². The molecule has 194 valence electrons. The topological polar surface area (TPSA) is 136 Å². The Morgan fingerprint density at radius 3 is 2.59 bits per heavy atom. The monoisotopic (exact) mass is 543 g/mol. The molecule has 1 amide bonds. The first-order chi connectivity index (χ1) is 17.6. The van der Waals surface area contributed by atoms with E-state index in [4.69, 9.17) is 4.74 Å². The van der Waals surface area contributed by atoms with Crippen molar-refractivity contribution < 1.29 is 27.7 Å². The molecule has 0 saturated carbocycles. The predicted octanol–water partition coefficient (Wildman–Crippen LogP) is 4.13. The van der Waals surface area contributed by atoms with Crippen LogP contribution in [-0.2, 0) is 30.8 Å². The summed E-state index contributed by atoms with van der Waals surface area (Å²) >= 11 is 1.10. The van der Waals surface area contributed by atoms with E-state index in [1.807, 2.05) is 12.1 Å². The van der Waals surface area contributed by atoms with Gasteiger partial charge in [0.25, 0.3) is 21.6 Å². The van der Waals surface area contributed by atoms with Gasteiger partial charge in [0.2, 0.25) is 0 Å². The maximum atomic E-state index is 13.3. The number of hydrogen-bond donors (Lipinski definition) is 1. The lowest BCUT2D eigenvalue weighted by atomic mass is 9.92. The maximum Gasteiger partial charge on any atom is 0.308 e. The molecule has 0 aliphatic carbocycles. The van der Waals surface area contributed by atoms with Gasteiger partial charge in [-0.05, 0) is 60.0 Å². The quantitative estimate of drug-likeness (QED) is 0.256. The van der Waals surface area contributed by atoms with Crippen LogP contribution in [0.3, 0.4) is 0 Å². The second-order valence-electron chi connectivity index (χ2n) is 8.64. The number of carbonyl (C=O) groups is 2. The van der Waals surface area contributed by atoms with Gasteiger partial charge in [-0.25, -0.2) is 8.42 Å². The van der Waals surface area contributed by atoms with Crippen molar-refractivity contribution in [1.29, 1.82) is 0 Å². The van der Waals surface area contributed by atoms with E-state index in [-0.39, 0.29) is 28.5 Å². The molecule has 2 heterocycles. The van der Waals surface area contributed by atoms with E-state index in [0.29, 0.717) is 17.5 Å². The molecule has 0 fully saturated rings. The van der Waals surface area contributed by atoms with Gasteiger partial charge in [-0.3, -0.25) is 19.7 Å². The number of fused-ring (bicyclic) bond motifs is 1. The first-order valence-electron chi connectivity index (χ1n) is 11.4. The molecule has 1 aliphatic rings. The van der Waals surface area contributed by atoms with Gasteiger partial charge in [0, 0.05) is 12.6 Å². The number of ether oxygens (including phenoxy) is 1. The van der Waals surface area contributed by atoms with E-state index in [9.17, 15) is 28.1 Å². The predicted molar refractivity (Wildman–Crippen MR) is 138 cm³/mol. The number of rotatable bonds is 8. The largest absolute Gasteiger partial charge is 0.456 e. The molecule has 10 nitrogen and oxygen atoms in total. The minimum atomic E-state index is -3.85. The second-order valence-corrected chi connectivity index (χ2v) is 11.7. The molecule has 1 atom stereocenters. The van der Waals surface area contributed by atoms with Crippen LogP contribution in [-0.4, -0.2) is 42.7 Å². The Balaban J connectivity index is 1.48. The van der Waals surface area contributed by atoms with Crippen molar-refractivity contribution in [3.63, 3.8) is 0 Å². The summed E-state index contributed by atoms with van der Waals surface area (Å²) < 4.78 is 33.3. The molecular formula is C25H25N3O7S2. The summed E-state index contributed by atoms with van der Waals surface area (Å²) in [5.74, 6) is -1.51. The fraction of sp³-hybridized carbons (Fsp3) is 0.280. The van der Waals surface area contributed by atoms with Gasteiger partial charge in [0.1, 0.15) is 9.90 Å². The van der Waals surface area contributed by atoms with Crippen molar-refractivity contribution in [1.82, 2.24) is 4.31 Å². The van der Waals surface area contributed by atoms with Crippen molar-refractivity contribution in [2.75, 3.05) is 18.5 Å². The maximum absolute atomic E-state index is 13.3. The normalized spacial score (nSPS) is 15.6. The molecule has 2 aromatic carbocycles. The number of anilines is 1. The lowest BCUT2D eigenvalue weighted by Crippen LogP contribution is -2.41. The highest BCUT2D eigenvalue weighted by Crippen LogP contribution is 2.37. The number of nitro groups is 1. The fourth-order valence-corrected chi connectivity index (χ4v) is 6.98. The summed E-state index contributed by atoms with van der Waals surface area (Å²) in [5, 5.41) is 15.5. The Morgan fingerprint density at radius 1 is 1.16 bits per heavy atom. The Kier molecular flexibility index (Phi) is 7.71. The van der Waals surface area contributed by atoms with Crippen LogP contribution in [0.5, 0.6) is 0 Å². The first kappa shape index (κ1) is 26.5. The van der Waals surface area contributed by atoms with Gasteiger partial charge in [0.15, 0.2) is 6.61 Å². The summed E-state index contributed by atoms with van der Waals surface area (Å²) in [6, 6.07) is 12.5. The molecule has 4 rings (SSSR count). The lowest BCUT2D eigenvalue weighted by Gasteiger charge is -2.35. The average Bonchev–Trinajstić information content (AvgIpc) is 3.41. The minimum absolute atomic E-state index is 0.00331. The Labute approximate surface area is 218 Å². The fourth-order valence-electron chi connectivity index (χ4n) is 4.26. The molecule has 0 bridgehead atoms. The van der Waals surface area contributed by atoms with E-state index in [2.05, 4.69) is 5.32 Å². The number of esters is 1. The number of benzene rings is 2. The zero-order valence-corrected chi connectivity index (χ0v) is 21.8. The van der Waals surface area contributed by atoms with Crippen LogP contribution in [0, 0.1) is 24.0 Å². The summed E-state index contributed by atoms with van der Waals surface area (Å²) in [6.07, 6.45) is 0.210. The zero-order valence-electron chi connectivity index (χ0n) is 20.2. The number of nitrogens with one attached hydrogen (secondary N) is 1. The van der Waals surface area contributed by atoms with Gasteiger partial charge in [0.05, 0.1) is 17.4 Å². The minimum Gasteiger partial charge on any atom is -0.456 e. The van der Waals surface area contributed by atoms with E-state index >= 15 is 0 Å². The third kappa shape index (κ3) is 5.71. The molecule has 0 radical (unpaired) electrons. The number of sulfonamides is 1. The van der Waals surface area contributed by atoms with E-state index in [0.717, 1.165) is 22.5 Å². The summed E-state index contributed by atoms with van der Waals surface area (Å²) in [7, 11) is -3.85. The summed E-state index contributed by atoms with van der Waals surface area (Å²) in [5.41, 5.74) is 2.84. The first-order valence-corrected chi connectivity index (χ1v) is 13.7. The Bertz CT molecular complexity index is 1450. The Morgan fingerprint density at radius 2 is 1.89 bits per heavy atom. The van der Waals surface area contributed by atoms with Gasteiger partial charge in [-0.1, -0.05) is 30.3 Å². The van der Waals surface area contributed by atoms with Crippen LogP contribution in [0.2, 0.25) is 0 Å². The van der Waals surface area contributed by atoms with Crippen molar-refractivity contribution in [2.45, 2.75) is 36.9 Å². The standard InChI is InChI=1S/C25H25N3O7S2/c1-16-12-20(22(28(31)32)13-17(16)2)26-23(29)15-35-24(30)14-21-19-7-4-3-6-18(19)9-10-27(21)37(33,34)25-8-5-11-36-25/h3-8,11-13,21H,9-10,14-15H2,1-2H3,(H,26,29).